The second kappa shape index (κ2) is 3.23. The zero-order chi connectivity index (χ0) is 9.60. The summed E-state index contributed by atoms with van der Waals surface area (Å²) in [6.07, 6.45) is 11.9. The van der Waals surface area contributed by atoms with E-state index in [1.54, 1.807) is 0 Å². The van der Waals surface area contributed by atoms with Gasteiger partial charge < -0.3 is 5.11 Å². The lowest BCUT2D eigenvalue weighted by Crippen LogP contribution is -2.36. The molecule has 1 N–H and O–H groups in total. The largest absolute Gasteiger partial charge is 0.390 e. The summed E-state index contributed by atoms with van der Waals surface area (Å²) in [5.41, 5.74) is -0.224. The summed E-state index contributed by atoms with van der Waals surface area (Å²) >= 11 is 0. The van der Waals surface area contributed by atoms with Crippen molar-refractivity contribution >= 4 is 0 Å². The standard InChI is InChI=1S/C13H22O/c14-13(8-10-3-1-2-4-10)9-11-5-6-12(13)7-11/h10-12,14H,1-9H2. The molecule has 3 saturated carbocycles. The lowest BCUT2D eigenvalue weighted by Gasteiger charge is -2.34. The summed E-state index contributed by atoms with van der Waals surface area (Å²) in [6, 6.07) is 0. The maximum Gasteiger partial charge on any atom is 0.0681 e. The Morgan fingerprint density at radius 1 is 1.07 bits per heavy atom. The van der Waals surface area contributed by atoms with E-state index in [2.05, 4.69) is 0 Å². The minimum Gasteiger partial charge on any atom is -0.390 e. The van der Waals surface area contributed by atoms with Gasteiger partial charge in [-0.15, -0.1) is 0 Å². The summed E-state index contributed by atoms with van der Waals surface area (Å²) in [4.78, 5) is 0. The molecule has 0 radical (unpaired) electrons. The Morgan fingerprint density at radius 3 is 2.43 bits per heavy atom. The van der Waals surface area contributed by atoms with Crippen LogP contribution in [-0.2, 0) is 0 Å². The molecule has 1 nitrogen and oxygen atoms in total. The van der Waals surface area contributed by atoms with Crippen molar-refractivity contribution in [3.05, 3.63) is 0 Å². The van der Waals surface area contributed by atoms with E-state index in [4.69, 9.17) is 0 Å². The molecule has 3 fully saturated rings. The normalized spacial score (nSPS) is 47.8. The van der Waals surface area contributed by atoms with Crippen LogP contribution in [0.25, 0.3) is 0 Å². The molecule has 2 bridgehead atoms. The number of rotatable bonds is 2. The quantitative estimate of drug-likeness (QED) is 0.716. The van der Waals surface area contributed by atoms with Crippen LogP contribution in [-0.4, -0.2) is 10.7 Å². The molecule has 3 aliphatic rings. The van der Waals surface area contributed by atoms with Gasteiger partial charge in [0, 0.05) is 0 Å². The first-order chi connectivity index (χ1) is 6.76. The van der Waals surface area contributed by atoms with E-state index < -0.39 is 0 Å². The molecule has 0 aromatic carbocycles. The third kappa shape index (κ3) is 1.41. The lowest BCUT2D eigenvalue weighted by atomic mass is 9.77. The first-order valence-corrected chi connectivity index (χ1v) is 6.49. The first kappa shape index (κ1) is 9.21. The van der Waals surface area contributed by atoms with Crippen LogP contribution < -0.4 is 0 Å². The van der Waals surface area contributed by atoms with E-state index in [0.29, 0.717) is 5.92 Å². The minimum absolute atomic E-state index is 0.224. The number of fused-ring (bicyclic) bond motifs is 2. The Morgan fingerprint density at radius 2 is 1.86 bits per heavy atom. The first-order valence-electron chi connectivity index (χ1n) is 6.49. The van der Waals surface area contributed by atoms with Gasteiger partial charge in [0.05, 0.1) is 5.60 Å². The molecule has 3 rings (SSSR count). The van der Waals surface area contributed by atoms with Crippen molar-refractivity contribution in [3.8, 4) is 0 Å². The monoisotopic (exact) mass is 194 g/mol. The van der Waals surface area contributed by atoms with Crippen LogP contribution >= 0.6 is 0 Å². The number of hydrogen-bond acceptors (Lipinski definition) is 1. The Bertz CT molecular complexity index is 219. The van der Waals surface area contributed by atoms with Crippen molar-refractivity contribution in [1.29, 1.82) is 0 Å². The van der Waals surface area contributed by atoms with Gasteiger partial charge in [-0.05, 0) is 49.9 Å². The lowest BCUT2D eigenvalue weighted by molar-refractivity contribution is -0.0330. The molecule has 1 heteroatoms. The van der Waals surface area contributed by atoms with Gasteiger partial charge in [-0.25, -0.2) is 0 Å². The molecular formula is C13H22O. The molecule has 3 aliphatic carbocycles. The van der Waals surface area contributed by atoms with E-state index >= 15 is 0 Å². The van der Waals surface area contributed by atoms with E-state index in [1.807, 2.05) is 0 Å². The van der Waals surface area contributed by atoms with Gasteiger partial charge in [-0.3, -0.25) is 0 Å². The smallest absolute Gasteiger partial charge is 0.0681 e. The van der Waals surface area contributed by atoms with Crippen molar-refractivity contribution in [2.75, 3.05) is 0 Å². The van der Waals surface area contributed by atoms with Crippen LogP contribution in [0.4, 0.5) is 0 Å². The van der Waals surface area contributed by atoms with Crippen molar-refractivity contribution in [2.24, 2.45) is 17.8 Å². The van der Waals surface area contributed by atoms with Crippen molar-refractivity contribution in [1.82, 2.24) is 0 Å². The summed E-state index contributed by atoms with van der Waals surface area (Å²) in [6.45, 7) is 0. The zero-order valence-electron chi connectivity index (χ0n) is 9.04. The molecule has 3 atom stereocenters. The highest BCUT2D eigenvalue weighted by Crippen LogP contribution is 2.54. The van der Waals surface area contributed by atoms with E-state index in [9.17, 15) is 5.11 Å². The Labute approximate surface area is 86.9 Å². The van der Waals surface area contributed by atoms with E-state index in [1.165, 1.54) is 44.9 Å². The zero-order valence-corrected chi connectivity index (χ0v) is 9.04. The maximum atomic E-state index is 10.6. The van der Waals surface area contributed by atoms with Crippen LogP contribution in [0.2, 0.25) is 0 Å². The molecule has 0 aromatic heterocycles. The molecular weight excluding hydrogens is 172 g/mol. The minimum atomic E-state index is -0.224. The molecule has 14 heavy (non-hydrogen) atoms. The molecule has 0 heterocycles. The predicted octanol–water partition coefficient (Wildman–Crippen LogP) is 3.12. The van der Waals surface area contributed by atoms with Crippen molar-refractivity contribution in [2.45, 2.75) is 63.4 Å². The summed E-state index contributed by atoms with van der Waals surface area (Å²) in [5, 5.41) is 10.6. The fourth-order valence-corrected chi connectivity index (χ4v) is 4.38. The molecule has 0 aliphatic heterocycles. The van der Waals surface area contributed by atoms with E-state index in [-0.39, 0.29) is 5.60 Å². The van der Waals surface area contributed by atoms with Crippen LogP contribution in [0.3, 0.4) is 0 Å². The van der Waals surface area contributed by atoms with Crippen LogP contribution in [0.15, 0.2) is 0 Å². The average molecular weight is 194 g/mol. The van der Waals surface area contributed by atoms with Gasteiger partial charge in [0.2, 0.25) is 0 Å². The van der Waals surface area contributed by atoms with Gasteiger partial charge in [0.25, 0.3) is 0 Å². The summed E-state index contributed by atoms with van der Waals surface area (Å²) < 4.78 is 0. The van der Waals surface area contributed by atoms with Gasteiger partial charge in [0.15, 0.2) is 0 Å². The molecule has 0 amide bonds. The van der Waals surface area contributed by atoms with Gasteiger partial charge >= 0.3 is 0 Å². The topological polar surface area (TPSA) is 20.2 Å². The molecule has 80 valence electrons. The SMILES string of the molecule is OC1(CC2CCCC2)CC2CCC1C2. The second-order valence-electron chi connectivity index (χ2n) is 6.04. The van der Waals surface area contributed by atoms with Crippen LogP contribution in [0, 0.1) is 17.8 Å². The number of hydrogen-bond donors (Lipinski definition) is 1. The second-order valence-corrected chi connectivity index (χ2v) is 6.04. The summed E-state index contributed by atoms with van der Waals surface area (Å²) in [5.74, 6) is 2.42. The van der Waals surface area contributed by atoms with Crippen molar-refractivity contribution < 1.29 is 5.11 Å². The van der Waals surface area contributed by atoms with E-state index in [0.717, 1.165) is 24.7 Å². The third-order valence-corrected chi connectivity index (χ3v) is 5.06. The van der Waals surface area contributed by atoms with Gasteiger partial charge in [-0.2, -0.15) is 0 Å². The average Bonchev–Trinajstić information content (AvgIpc) is 2.78. The molecule has 0 spiro atoms. The molecule has 0 aromatic rings. The molecule has 3 unspecified atom stereocenters. The van der Waals surface area contributed by atoms with Crippen LogP contribution in [0.5, 0.6) is 0 Å². The predicted molar refractivity (Wildman–Crippen MR) is 57.0 cm³/mol. The summed E-state index contributed by atoms with van der Waals surface area (Å²) in [7, 11) is 0. The molecule has 0 saturated heterocycles. The third-order valence-electron chi connectivity index (χ3n) is 5.06. The highest BCUT2D eigenvalue weighted by molar-refractivity contribution is 5.02. The van der Waals surface area contributed by atoms with Crippen LogP contribution in [0.1, 0.15) is 57.8 Å². The maximum absolute atomic E-state index is 10.6. The van der Waals surface area contributed by atoms with Gasteiger partial charge in [0.1, 0.15) is 0 Å². The Balaban J connectivity index is 1.65. The highest BCUT2D eigenvalue weighted by Gasteiger charge is 2.50. The number of aliphatic hydroxyl groups is 1. The highest BCUT2D eigenvalue weighted by atomic mass is 16.3. The van der Waals surface area contributed by atoms with Gasteiger partial charge in [-0.1, -0.05) is 25.7 Å². The fraction of sp³-hybridized carbons (Fsp3) is 1.00. The Kier molecular flexibility index (Phi) is 2.12. The Hall–Kier alpha value is -0.0400. The van der Waals surface area contributed by atoms with Crippen molar-refractivity contribution in [3.63, 3.8) is 0 Å². The fourth-order valence-electron chi connectivity index (χ4n) is 4.38.